The number of nitrogens with one attached hydrogen (secondary N) is 1. The van der Waals surface area contributed by atoms with E-state index in [2.05, 4.69) is 28.2 Å². The van der Waals surface area contributed by atoms with Crippen LogP contribution in [0.15, 0.2) is 39.4 Å². The number of halogens is 1. The average molecular weight is 354 g/mol. The summed E-state index contributed by atoms with van der Waals surface area (Å²) in [4.78, 5) is 0. The van der Waals surface area contributed by atoms with Gasteiger partial charge < -0.3 is 19.2 Å². The first kappa shape index (κ1) is 15.9. The Hall–Kier alpha value is -1.46. The minimum Gasteiger partial charge on any atom is -0.493 e. The molecule has 1 heterocycles. The molecule has 2 rings (SSSR count). The molecule has 0 saturated heterocycles. The van der Waals surface area contributed by atoms with Gasteiger partial charge in [0.1, 0.15) is 5.76 Å². The van der Waals surface area contributed by atoms with Crippen LogP contribution in [0.2, 0.25) is 0 Å². The summed E-state index contributed by atoms with van der Waals surface area (Å²) < 4.78 is 17.3. The maximum atomic E-state index is 5.59. The van der Waals surface area contributed by atoms with Crippen LogP contribution in [0.1, 0.15) is 31.2 Å². The van der Waals surface area contributed by atoms with E-state index >= 15 is 0 Å². The summed E-state index contributed by atoms with van der Waals surface area (Å²) in [6.07, 6.45) is 1.68. The SMILES string of the molecule is CCOc1c(Br)cc(CN[C@H](C)c2ccco2)cc1OC. The summed E-state index contributed by atoms with van der Waals surface area (Å²) in [5.74, 6) is 2.39. The zero-order valence-corrected chi connectivity index (χ0v) is 14.1. The Balaban J connectivity index is 2.08. The monoisotopic (exact) mass is 353 g/mol. The highest BCUT2D eigenvalue weighted by Crippen LogP contribution is 2.36. The standard InChI is InChI=1S/C16H20BrNO3/c1-4-20-16-13(17)8-12(9-15(16)19-3)10-18-11(2)14-6-5-7-21-14/h5-9,11,18H,4,10H2,1-3H3/t11-/m1/s1. The van der Waals surface area contributed by atoms with Crippen LogP contribution in [-0.2, 0) is 6.54 Å². The predicted molar refractivity (Wildman–Crippen MR) is 85.8 cm³/mol. The Kier molecular flexibility index (Phi) is 5.70. The number of methoxy groups -OCH3 is 1. The molecule has 0 radical (unpaired) electrons. The lowest BCUT2D eigenvalue weighted by Gasteiger charge is -2.15. The first-order valence-electron chi connectivity index (χ1n) is 6.91. The molecule has 0 saturated carbocycles. The van der Waals surface area contributed by atoms with Crippen molar-refractivity contribution in [1.82, 2.24) is 5.32 Å². The van der Waals surface area contributed by atoms with E-state index in [0.717, 1.165) is 27.3 Å². The summed E-state index contributed by atoms with van der Waals surface area (Å²) in [5, 5.41) is 3.42. The maximum absolute atomic E-state index is 5.59. The minimum atomic E-state index is 0.149. The number of hydrogen-bond acceptors (Lipinski definition) is 4. The second-order valence-corrected chi connectivity index (χ2v) is 5.51. The molecule has 1 atom stereocenters. The first-order chi connectivity index (χ1) is 10.2. The highest BCUT2D eigenvalue weighted by Gasteiger charge is 2.13. The normalized spacial score (nSPS) is 12.2. The fourth-order valence-electron chi connectivity index (χ4n) is 2.07. The molecule has 0 spiro atoms. The van der Waals surface area contributed by atoms with Crippen LogP contribution in [0.3, 0.4) is 0 Å². The lowest BCUT2D eigenvalue weighted by molar-refractivity contribution is 0.308. The Morgan fingerprint density at radius 3 is 2.81 bits per heavy atom. The highest BCUT2D eigenvalue weighted by molar-refractivity contribution is 9.10. The molecule has 0 aliphatic rings. The molecular weight excluding hydrogens is 334 g/mol. The first-order valence-corrected chi connectivity index (χ1v) is 7.71. The van der Waals surface area contributed by atoms with E-state index in [1.165, 1.54) is 0 Å². The number of rotatable bonds is 7. The van der Waals surface area contributed by atoms with Crippen molar-refractivity contribution in [3.05, 3.63) is 46.3 Å². The smallest absolute Gasteiger partial charge is 0.175 e. The molecule has 0 aliphatic heterocycles. The van der Waals surface area contributed by atoms with Gasteiger partial charge in [0.05, 0.1) is 30.5 Å². The Morgan fingerprint density at radius 1 is 1.38 bits per heavy atom. The molecule has 0 fully saturated rings. The van der Waals surface area contributed by atoms with Gasteiger partial charge in [-0.1, -0.05) is 0 Å². The van der Waals surface area contributed by atoms with Crippen molar-refractivity contribution in [3.63, 3.8) is 0 Å². The summed E-state index contributed by atoms with van der Waals surface area (Å²) in [6.45, 7) is 5.33. The average Bonchev–Trinajstić information content (AvgIpc) is 3.01. The van der Waals surface area contributed by atoms with Crippen molar-refractivity contribution < 1.29 is 13.9 Å². The molecule has 0 amide bonds. The molecule has 0 unspecified atom stereocenters. The van der Waals surface area contributed by atoms with E-state index in [0.29, 0.717) is 13.2 Å². The van der Waals surface area contributed by atoms with Crippen molar-refractivity contribution in [2.45, 2.75) is 26.4 Å². The van der Waals surface area contributed by atoms with Crippen LogP contribution in [-0.4, -0.2) is 13.7 Å². The summed E-state index contributed by atoms with van der Waals surface area (Å²) in [6, 6.07) is 8.03. The zero-order valence-electron chi connectivity index (χ0n) is 12.5. The van der Waals surface area contributed by atoms with Crippen LogP contribution in [0, 0.1) is 0 Å². The van der Waals surface area contributed by atoms with Crippen molar-refractivity contribution in [2.75, 3.05) is 13.7 Å². The second-order valence-electron chi connectivity index (χ2n) is 4.66. The van der Waals surface area contributed by atoms with Crippen molar-refractivity contribution in [2.24, 2.45) is 0 Å². The van der Waals surface area contributed by atoms with Gasteiger partial charge in [0, 0.05) is 6.54 Å². The van der Waals surface area contributed by atoms with E-state index in [1.807, 2.05) is 31.2 Å². The third-order valence-corrected chi connectivity index (χ3v) is 3.75. The minimum absolute atomic E-state index is 0.149. The number of benzene rings is 1. The van der Waals surface area contributed by atoms with Gasteiger partial charge >= 0.3 is 0 Å². The zero-order chi connectivity index (χ0) is 15.2. The molecule has 4 nitrogen and oxygen atoms in total. The maximum Gasteiger partial charge on any atom is 0.175 e. The number of furan rings is 1. The molecule has 1 aromatic carbocycles. The second kappa shape index (κ2) is 7.52. The van der Waals surface area contributed by atoms with Gasteiger partial charge in [0.2, 0.25) is 0 Å². The lowest BCUT2D eigenvalue weighted by atomic mass is 10.1. The fraction of sp³-hybridized carbons (Fsp3) is 0.375. The van der Waals surface area contributed by atoms with Gasteiger partial charge in [-0.25, -0.2) is 0 Å². The fourth-order valence-corrected chi connectivity index (χ4v) is 2.67. The molecule has 1 N–H and O–H groups in total. The van der Waals surface area contributed by atoms with E-state index < -0.39 is 0 Å². The van der Waals surface area contributed by atoms with Crippen LogP contribution in [0.4, 0.5) is 0 Å². The van der Waals surface area contributed by atoms with E-state index in [1.54, 1.807) is 13.4 Å². The number of ether oxygens (including phenoxy) is 2. The molecule has 2 aromatic rings. The topological polar surface area (TPSA) is 43.6 Å². The largest absolute Gasteiger partial charge is 0.493 e. The van der Waals surface area contributed by atoms with Crippen molar-refractivity contribution in [3.8, 4) is 11.5 Å². The van der Waals surface area contributed by atoms with Gasteiger partial charge in [-0.3, -0.25) is 0 Å². The lowest BCUT2D eigenvalue weighted by Crippen LogP contribution is -2.17. The molecule has 0 bridgehead atoms. The van der Waals surface area contributed by atoms with E-state index in [-0.39, 0.29) is 6.04 Å². The quantitative estimate of drug-likeness (QED) is 0.805. The van der Waals surface area contributed by atoms with Crippen molar-refractivity contribution >= 4 is 15.9 Å². The number of hydrogen-bond donors (Lipinski definition) is 1. The summed E-state index contributed by atoms with van der Waals surface area (Å²) in [7, 11) is 1.65. The van der Waals surface area contributed by atoms with Crippen LogP contribution in [0.5, 0.6) is 11.5 Å². The van der Waals surface area contributed by atoms with Gasteiger partial charge in [-0.05, 0) is 59.6 Å². The van der Waals surface area contributed by atoms with Crippen molar-refractivity contribution in [1.29, 1.82) is 0 Å². The summed E-state index contributed by atoms with van der Waals surface area (Å²) >= 11 is 3.53. The predicted octanol–water partition coefficient (Wildman–Crippen LogP) is 4.30. The third kappa shape index (κ3) is 4.02. The molecular formula is C16H20BrNO3. The van der Waals surface area contributed by atoms with Crippen LogP contribution in [0.25, 0.3) is 0 Å². The highest BCUT2D eigenvalue weighted by atomic mass is 79.9. The molecule has 114 valence electrons. The third-order valence-electron chi connectivity index (χ3n) is 3.16. The Bertz CT molecular complexity index is 569. The Labute approximate surface area is 133 Å². The molecule has 0 aliphatic carbocycles. The van der Waals surface area contributed by atoms with Crippen LogP contribution < -0.4 is 14.8 Å². The summed E-state index contributed by atoms with van der Waals surface area (Å²) in [5.41, 5.74) is 1.11. The molecule has 21 heavy (non-hydrogen) atoms. The van der Waals surface area contributed by atoms with E-state index in [9.17, 15) is 0 Å². The molecule has 1 aromatic heterocycles. The van der Waals surface area contributed by atoms with Crippen LogP contribution >= 0.6 is 15.9 Å². The molecule has 5 heteroatoms. The van der Waals surface area contributed by atoms with Gasteiger partial charge in [0.15, 0.2) is 11.5 Å². The Morgan fingerprint density at radius 2 is 2.19 bits per heavy atom. The van der Waals surface area contributed by atoms with E-state index in [4.69, 9.17) is 13.9 Å². The van der Waals surface area contributed by atoms with Gasteiger partial charge in [0.25, 0.3) is 0 Å². The van der Waals surface area contributed by atoms with Gasteiger partial charge in [-0.2, -0.15) is 0 Å². The van der Waals surface area contributed by atoms with Gasteiger partial charge in [-0.15, -0.1) is 0 Å².